The van der Waals surface area contributed by atoms with Gasteiger partial charge in [-0.15, -0.1) is 0 Å². The highest BCUT2D eigenvalue weighted by atomic mass is 35.5. The lowest BCUT2D eigenvalue weighted by atomic mass is 9.96. The first-order valence-corrected chi connectivity index (χ1v) is 10.4. The molecule has 32 heavy (non-hydrogen) atoms. The van der Waals surface area contributed by atoms with Crippen molar-refractivity contribution in [3.8, 4) is 0 Å². The van der Waals surface area contributed by atoms with E-state index in [1.54, 1.807) is 0 Å². The highest BCUT2D eigenvalue weighted by Gasteiger charge is 2.44. The van der Waals surface area contributed by atoms with Crippen molar-refractivity contribution in [1.29, 1.82) is 0 Å². The van der Waals surface area contributed by atoms with Crippen molar-refractivity contribution in [2.75, 3.05) is 29.0 Å². The maximum absolute atomic E-state index is 14.6. The number of carbonyl (C=O) groups is 2. The Kier molecular flexibility index (Phi) is 6.09. The Morgan fingerprint density at radius 1 is 1.16 bits per heavy atom. The quantitative estimate of drug-likeness (QED) is 0.714. The summed E-state index contributed by atoms with van der Waals surface area (Å²) in [5.41, 5.74) is 5.77. The molecular weight excluding hydrogens is 449 g/mol. The molecule has 4 rings (SSSR count). The first-order chi connectivity index (χ1) is 15.2. The molecule has 2 amide bonds. The predicted molar refractivity (Wildman–Crippen MR) is 112 cm³/mol. The second kappa shape index (κ2) is 8.81. The van der Waals surface area contributed by atoms with Crippen molar-refractivity contribution in [3.63, 3.8) is 0 Å². The largest absolute Gasteiger partial charge is 0.381 e. The van der Waals surface area contributed by atoms with Gasteiger partial charge in [-0.2, -0.15) is 4.39 Å². The number of anilines is 3. The molecule has 3 heterocycles. The van der Waals surface area contributed by atoms with E-state index in [0.29, 0.717) is 18.5 Å². The third-order valence-electron chi connectivity index (χ3n) is 5.52. The number of piperidine rings is 2. The summed E-state index contributed by atoms with van der Waals surface area (Å²) in [7, 11) is 0. The van der Waals surface area contributed by atoms with Crippen molar-refractivity contribution in [3.05, 3.63) is 41.2 Å². The molecule has 2 aromatic rings. The molecule has 3 N–H and O–H groups in total. The number of hydrogen-bond acceptors (Lipinski definition) is 6. The molecule has 1 aromatic heterocycles. The maximum Gasteiger partial charge on any atom is 0.251 e. The van der Waals surface area contributed by atoms with E-state index in [1.807, 2.05) is 0 Å². The minimum absolute atomic E-state index is 0.164. The van der Waals surface area contributed by atoms with E-state index >= 15 is 0 Å². The van der Waals surface area contributed by atoms with Crippen LogP contribution in [0.4, 0.5) is 30.5 Å². The number of hydrogen-bond donors (Lipinski definition) is 2. The fraction of sp³-hybridized carbons (Fsp3) is 0.400. The maximum atomic E-state index is 14.6. The van der Waals surface area contributed by atoms with Crippen LogP contribution >= 0.6 is 11.6 Å². The summed E-state index contributed by atoms with van der Waals surface area (Å²) in [5.74, 6) is -3.58. The molecule has 0 radical (unpaired) electrons. The average Bonchev–Trinajstić information content (AvgIpc) is 2.73. The zero-order chi connectivity index (χ0) is 23.0. The van der Waals surface area contributed by atoms with Gasteiger partial charge in [0.2, 0.25) is 11.7 Å². The number of benzene rings is 1. The molecule has 3 atom stereocenters. The van der Waals surface area contributed by atoms with E-state index in [9.17, 15) is 22.8 Å². The third-order valence-corrected chi connectivity index (χ3v) is 5.74. The van der Waals surface area contributed by atoms with E-state index in [4.69, 9.17) is 17.3 Å². The lowest BCUT2D eigenvalue weighted by Crippen LogP contribution is -2.61. The van der Waals surface area contributed by atoms with Crippen LogP contribution in [0.3, 0.4) is 0 Å². The lowest BCUT2D eigenvalue weighted by Gasteiger charge is -2.42. The number of likely N-dealkylation sites (tertiary alicyclic amines) is 1. The summed E-state index contributed by atoms with van der Waals surface area (Å²) >= 11 is 5.87. The van der Waals surface area contributed by atoms with Crippen LogP contribution in [0.5, 0.6) is 0 Å². The summed E-state index contributed by atoms with van der Waals surface area (Å²) in [6.07, 6.45) is 0.221. The Balaban J connectivity index is 1.56. The smallest absolute Gasteiger partial charge is 0.251 e. The summed E-state index contributed by atoms with van der Waals surface area (Å²) < 4.78 is 42.6. The Morgan fingerprint density at radius 2 is 1.94 bits per heavy atom. The number of aromatic nitrogens is 2. The number of halogens is 4. The van der Waals surface area contributed by atoms with Gasteiger partial charge in [-0.05, 0) is 31.0 Å². The van der Waals surface area contributed by atoms with Crippen LogP contribution in [-0.2, 0) is 9.59 Å². The fourth-order valence-electron chi connectivity index (χ4n) is 4.08. The molecule has 2 aliphatic heterocycles. The molecule has 0 bridgehead atoms. The zero-order valence-electron chi connectivity index (χ0n) is 16.8. The summed E-state index contributed by atoms with van der Waals surface area (Å²) in [6.45, 7) is -0.180. The first-order valence-electron chi connectivity index (χ1n) is 9.99. The van der Waals surface area contributed by atoms with Gasteiger partial charge < -0.3 is 16.0 Å². The number of nitrogen functional groups attached to an aromatic ring is 1. The topological polar surface area (TPSA) is 104 Å². The van der Waals surface area contributed by atoms with Gasteiger partial charge in [0.05, 0.1) is 6.54 Å². The van der Waals surface area contributed by atoms with Crippen LogP contribution in [0.1, 0.15) is 19.3 Å². The third kappa shape index (κ3) is 4.29. The number of nitrogens with zero attached hydrogens (tertiary/aromatic N) is 4. The van der Waals surface area contributed by atoms with Crippen LogP contribution in [0.15, 0.2) is 24.5 Å². The first kappa shape index (κ1) is 22.1. The highest BCUT2D eigenvalue weighted by Crippen LogP contribution is 2.30. The van der Waals surface area contributed by atoms with Crippen molar-refractivity contribution in [1.82, 2.24) is 14.9 Å². The van der Waals surface area contributed by atoms with Gasteiger partial charge in [0.1, 0.15) is 30.4 Å². The molecule has 1 aromatic carbocycles. The second-order valence-electron chi connectivity index (χ2n) is 7.72. The van der Waals surface area contributed by atoms with E-state index in [0.717, 1.165) is 17.3 Å². The molecule has 12 heteroatoms. The summed E-state index contributed by atoms with van der Waals surface area (Å²) in [5, 5.41) is 3.10. The molecule has 0 spiro atoms. The van der Waals surface area contributed by atoms with Crippen molar-refractivity contribution in [2.45, 2.75) is 37.5 Å². The van der Waals surface area contributed by atoms with Crippen LogP contribution < -0.4 is 16.0 Å². The number of carbonyl (C=O) groups excluding carboxylic acids is 2. The lowest BCUT2D eigenvalue weighted by molar-refractivity contribution is -0.144. The van der Waals surface area contributed by atoms with Crippen LogP contribution in [-0.4, -0.2) is 58.0 Å². The number of alkyl halides is 1. The standard InChI is InChI=1S/C20H20ClF3N6O2/c21-10-4-11(22)6-13(5-10)28-14-2-1-3-29(19(14)31)15-7-12(23)8-30(20(15)32)18-16(24)17(25)26-9-27-18/h4-6,9,12,14-15,28H,1-3,7-8H2,(H2,25,26,27)/t12-,14?,15+/m0/s1. The van der Waals surface area contributed by atoms with Gasteiger partial charge in [-0.25, -0.2) is 18.7 Å². The number of rotatable bonds is 4. The Bertz CT molecular complexity index is 1040. The molecular formula is C20H20ClF3N6O2. The molecule has 2 saturated heterocycles. The Hall–Kier alpha value is -3.08. The van der Waals surface area contributed by atoms with Gasteiger partial charge >= 0.3 is 0 Å². The van der Waals surface area contributed by atoms with E-state index < -0.39 is 59.9 Å². The zero-order valence-corrected chi connectivity index (χ0v) is 17.5. The van der Waals surface area contributed by atoms with Gasteiger partial charge in [-0.1, -0.05) is 11.6 Å². The van der Waals surface area contributed by atoms with Gasteiger partial charge in [0, 0.05) is 23.7 Å². The molecule has 0 aliphatic carbocycles. The normalized spacial score (nSPS) is 24.1. The molecule has 8 nitrogen and oxygen atoms in total. The second-order valence-corrected chi connectivity index (χ2v) is 8.16. The number of amides is 2. The minimum Gasteiger partial charge on any atom is -0.381 e. The molecule has 1 unspecified atom stereocenters. The Morgan fingerprint density at radius 3 is 2.69 bits per heavy atom. The van der Waals surface area contributed by atoms with Gasteiger partial charge in [0.25, 0.3) is 5.91 Å². The number of nitrogens with two attached hydrogens (primary N) is 1. The molecule has 0 saturated carbocycles. The number of nitrogens with one attached hydrogen (secondary N) is 1. The predicted octanol–water partition coefficient (Wildman–Crippen LogP) is 2.54. The summed E-state index contributed by atoms with van der Waals surface area (Å²) in [4.78, 5) is 35.7. The molecule has 2 fully saturated rings. The van der Waals surface area contributed by atoms with Crippen molar-refractivity contribution < 1.29 is 22.8 Å². The van der Waals surface area contributed by atoms with E-state index in [-0.39, 0.29) is 18.0 Å². The monoisotopic (exact) mass is 468 g/mol. The van der Waals surface area contributed by atoms with Crippen molar-refractivity contribution in [2.24, 2.45) is 0 Å². The van der Waals surface area contributed by atoms with Crippen LogP contribution in [0, 0.1) is 11.6 Å². The van der Waals surface area contributed by atoms with Crippen LogP contribution in [0.25, 0.3) is 0 Å². The molecule has 2 aliphatic rings. The van der Waals surface area contributed by atoms with Gasteiger partial charge in [0.15, 0.2) is 11.6 Å². The fourth-order valence-corrected chi connectivity index (χ4v) is 4.30. The Labute approximate surface area is 186 Å². The minimum atomic E-state index is -1.50. The van der Waals surface area contributed by atoms with E-state index in [1.165, 1.54) is 17.0 Å². The summed E-state index contributed by atoms with van der Waals surface area (Å²) in [6, 6.07) is 1.92. The average molecular weight is 469 g/mol. The van der Waals surface area contributed by atoms with Crippen LogP contribution in [0.2, 0.25) is 5.02 Å². The molecule has 170 valence electrons. The van der Waals surface area contributed by atoms with Gasteiger partial charge in [-0.3, -0.25) is 14.5 Å². The van der Waals surface area contributed by atoms with E-state index in [2.05, 4.69) is 15.3 Å². The SMILES string of the molecule is Nc1ncnc(N2C[C@@H](F)C[C@@H](N3CCCC(Nc4cc(F)cc(Cl)c4)C3=O)C2=O)c1F. The highest BCUT2D eigenvalue weighted by molar-refractivity contribution is 6.30. The van der Waals surface area contributed by atoms with Crippen molar-refractivity contribution >= 4 is 40.7 Å².